The van der Waals surface area contributed by atoms with Crippen LogP contribution in [0.2, 0.25) is 0 Å². The van der Waals surface area contributed by atoms with Gasteiger partial charge in [0.2, 0.25) is 0 Å². The summed E-state index contributed by atoms with van der Waals surface area (Å²) >= 11 is 0. The van der Waals surface area contributed by atoms with Gasteiger partial charge in [0.15, 0.2) is 0 Å². The number of rotatable bonds is 4. The highest BCUT2D eigenvalue weighted by molar-refractivity contribution is 7.89. The maximum absolute atomic E-state index is 12.0. The number of hydrogen-bond donors (Lipinski definition) is 2. The van der Waals surface area contributed by atoms with Crippen LogP contribution in [0.4, 0.5) is 0 Å². The van der Waals surface area contributed by atoms with Crippen molar-refractivity contribution in [3.8, 4) is 0 Å². The Morgan fingerprint density at radius 3 is 2.61 bits per heavy atom. The van der Waals surface area contributed by atoms with E-state index in [2.05, 4.69) is 20.0 Å². The van der Waals surface area contributed by atoms with Gasteiger partial charge < -0.3 is 5.32 Å². The quantitative estimate of drug-likeness (QED) is 0.759. The molecule has 0 radical (unpaired) electrons. The van der Waals surface area contributed by atoms with Crippen LogP contribution in [-0.2, 0) is 10.0 Å². The molecule has 7 heteroatoms. The minimum atomic E-state index is -3.60. The normalized spacial score (nSPS) is 20.2. The Balaban J connectivity index is 2.09. The molecule has 0 spiro atoms. The zero-order chi connectivity index (χ0) is 13.2. The van der Waals surface area contributed by atoms with Crippen molar-refractivity contribution in [2.45, 2.75) is 37.9 Å². The Labute approximate surface area is 107 Å². The molecule has 0 bridgehead atoms. The van der Waals surface area contributed by atoms with Crippen LogP contribution < -0.4 is 10.0 Å². The summed E-state index contributed by atoms with van der Waals surface area (Å²) in [5.74, 6) is 0. The molecule has 0 saturated carbocycles. The van der Waals surface area contributed by atoms with Crippen LogP contribution in [0, 0.1) is 13.8 Å². The molecule has 6 nitrogen and oxygen atoms in total. The zero-order valence-electron chi connectivity index (χ0n) is 10.6. The molecule has 100 valence electrons. The van der Waals surface area contributed by atoms with Crippen molar-refractivity contribution in [3.05, 3.63) is 17.5 Å². The number of sulfonamides is 1. The number of aryl methyl sites for hydroxylation is 2. The standard InChI is InChI=1S/C11H18N4O2S/c1-8-6-9(2)15-11(14-8)18(16,17)13-7-10-4-3-5-12-10/h6,10,12-13H,3-5,7H2,1-2H3/t10-/m1/s1. The third-order valence-corrected chi connectivity index (χ3v) is 4.09. The van der Waals surface area contributed by atoms with Crippen LogP contribution >= 0.6 is 0 Å². The summed E-state index contributed by atoms with van der Waals surface area (Å²) in [4.78, 5) is 7.94. The SMILES string of the molecule is Cc1cc(C)nc(S(=O)(=O)NC[C@H]2CCCN2)n1. The monoisotopic (exact) mass is 270 g/mol. The van der Waals surface area contributed by atoms with Crippen molar-refractivity contribution in [2.75, 3.05) is 13.1 Å². The number of nitrogens with zero attached hydrogens (tertiary/aromatic N) is 2. The first-order valence-corrected chi connectivity index (χ1v) is 7.51. The summed E-state index contributed by atoms with van der Waals surface area (Å²) in [6.45, 7) is 4.85. The minimum absolute atomic E-state index is 0.141. The Hall–Kier alpha value is -1.05. The molecule has 18 heavy (non-hydrogen) atoms. The van der Waals surface area contributed by atoms with Crippen LogP contribution in [0.5, 0.6) is 0 Å². The molecular formula is C11H18N4O2S. The molecule has 0 unspecified atom stereocenters. The molecule has 1 atom stereocenters. The Kier molecular flexibility index (Phi) is 3.94. The molecule has 0 amide bonds. The van der Waals surface area contributed by atoms with Crippen LogP contribution in [0.1, 0.15) is 24.2 Å². The average molecular weight is 270 g/mol. The first-order chi connectivity index (χ1) is 8.47. The molecule has 2 heterocycles. The predicted octanol–water partition coefficient (Wildman–Crippen LogP) is 0.124. The van der Waals surface area contributed by atoms with E-state index in [1.165, 1.54) is 0 Å². The van der Waals surface area contributed by atoms with Gasteiger partial charge in [0.05, 0.1) is 0 Å². The topological polar surface area (TPSA) is 84.0 Å². The maximum atomic E-state index is 12.0. The first-order valence-electron chi connectivity index (χ1n) is 6.03. The van der Waals surface area contributed by atoms with E-state index in [0.717, 1.165) is 19.4 Å². The van der Waals surface area contributed by atoms with Crippen molar-refractivity contribution >= 4 is 10.0 Å². The summed E-state index contributed by atoms with van der Waals surface area (Å²) in [5, 5.41) is 3.09. The Morgan fingerprint density at radius 1 is 1.39 bits per heavy atom. The number of aromatic nitrogens is 2. The third kappa shape index (κ3) is 3.24. The molecule has 1 aromatic heterocycles. The van der Waals surface area contributed by atoms with Crippen LogP contribution in [0.3, 0.4) is 0 Å². The van der Waals surface area contributed by atoms with Crippen molar-refractivity contribution in [2.24, 2.45) is 0 Å². The lowest BCUT2D eigenvalue weighted by atomic mass is 10.2. The molecule has 2 N–H and O–H groups in total. The van der Waals surface area contributed by atoms with Gasteiger partial charge in [0.25, 0.3) is 15.2 Å². The molecule has 1 fully saturated rings. The van der Waals surface area contributed by atoms with Gasteiger partial charge in [-0.3, -0.25) is 0 Å². The van der Waals surface area contributed by atoms with Crippen molar-refractivity contribution in [1.82, 2.24) is 20.0 Å². The molecular weight excluding hydrogens is 252 g/mol. The van der Waals surface area contributed by atoms with Gasteiger partial charge in [-0.2, -0.15) is 0 Å². The Bertz CT molecular complexity index is 504. The highest BCUT2D eigenvalue weighted by atomic mass is 32.2. The van der Waals surface area contributed by atoms with Gasteiger partial charge in [-0.25, -0.2) is 23.1 Å². The molecule has 1 aromatic rings. The highest BCUT2D eigenvalue weighted by Gasteiger charge is 2.21. The average Bonchev–Trinajstić information content (AvgIpc) is 2.78. The lowest BCUT2D eigenvalue weighted by molar-refractivity contribution is 0.544. The second-order valence-electron chi connectivity index (χ2n) is 4.58. The summed E-state index contributed by atoms with van der Waals surface area (Å²) in [6.07, 6.45) is 2.09. The minimum Gasteiger partial charge on any atom is -0.313 e. The van der Waals surface area contributed by atoms with Gasteiger partial charge >= 0.3 is 0 Å². The highest BCUT2D eigenvalue weighted by Crippen LogP contribution is 2.07. The van der Waals surface area contributed by atoms with E-state index >= 15 is 0 Å². The molecule has 0 aliphatic carbocycles. The lowest BCUT2D eigenvalue weighted by Gasteiger charge is -2.11. The second-order valence-corrected chi connectivity index (χ2v) is 6.24. The molecule has 1 aliphatic rings. The largest absolute Gasteiger partial charge is 0.313 e. The summed E-state index contributed by atoms with van der Waals surface area (Å²) < 4.78 is 26.6. The van der Waals surface area contributed by atoms with E-state index in [1.807, 2.05) is 0 Å². The summed E-state index contributed by atoms with van der Waals surface area (Å²) in [6, 6.07) is 1.96. The van der Waals surface area contributed by atoms with E-state index in [9.17, 15) is 8.42 Å². The predicted molar refractivity (Wildman–Crippen MR) is 67.7 cm³/mol. The van der Waals surface area contributed by atoms with Crippen molar-refractivity contribution in [3.63, 3.8) is 0 Å². The fourth-order valence-electron chi connectivity index (χ4n) is 2.02. The van der Waals surface area contributed by atoms with E-state index in [1.54, 1.807) is 19.9 Å². The number of hydrogen-bond acceptors (Lipinski definition) is 5. The second kappa shape index (κ2) is 5.29. The van der Waals surface area contributed by atoms with Gasteiger partial charge in [0.1, 0.15) is 0 Å². The van der Waals surface area contributed by atoms with Crippen LogP contribution in [0.25, 0.3) is 0 Å². The fourth-order valence-corrected chi connectivity index (χ4v) is 3.10. The van der Waals surface area contributed by atoms with Gasteiger partial charge in [-0.15, -0.1) is 0 Å². The summed E-state index contributed by atoms with van der Waals surface area (Å²) in [7, 11) is -3.60. The zero-order valence-corrected chi connectivity index (χ0v) is 11.4. The smallest absolute Gasteiger partial charge is 0.276 e. The first kappa shape index (κ1) is 13.4. The van der Waals surface area contributed by atoms with Crippen LogP contribution in [-0.4, -0.2) is 37.5 Å². The fraction of sp³-hybridized carbons (Fsp3) is 0.636. The van der Waals surface area contributed by atoms with Crippen molar-refractivity contribution in [1.29, 1.82) is 0 Å². The van der Waals surface area contributed by atoms with E-state index in [-0.39, 0.29) is 11.2 Å². The van der Waals surface area contributed by atoms with Gasteiger partial charge in [-0.05, 0) is 39.3 Å². The Morgan fingerprint density at radius 2 is 2.06 bits per heavy atom. The third-order valence-electron chi connectivity index (χ3n) is 2.88. The van der Waals surface area contributed by atoms with Crippen LogP contribution in [0.15, 0.2) is 11.2 Å². The lowest BCUT2D eigenvalue weighted by Crippen LogP contribution is -2.37. The molecule has 1 aliphatic heterocycles. The molecule has 1 saturated heterocycles. The molecule has 2 rings (SSSR count). The summed E-state index contributed by atoms with van der Waals surface area (Å²) in [5.41, 5.74) is 1.31. The van der Waals surface area contributed by atoms with E-state index < -0.39 is 10.0 Å². The maximum Gasteiger partial charge on any atom is 0.276 e. The van der Waals surface area contributed by atoms with Crippen molar-refractivity contribution < 1.29 is 8.42 Å². The van der Waals surface area contributed by atoms with E-state index in [4.69, 9.17) is 0 Å². The van der Waals surface area contributed by atoms with Gasteiger partial charge in [-0.1, -0.05) is 0 Å². The van der Waals surface area contributed by atoms with Gasteiger partial charge in [0, 0.05) is 24.0 Å². The molecule has 0 aromatic carbocycles. The van der Waals surface area contributed by atoms with E-state index in [0.29, 0.717) is 17.9 Å². The number of nitrogens with one attached hydrogen (secondary N) is 2.